The molecule has 170 valence electrons. The average Bonchev–Trinajstić information content (AvgIpc) is 3.40. The first-order valence-electron chi connectivity index (χ1n) is 9.82. The van der Waals surface area contributed by atoms with Crippen LogP contribution in [0.4, 0.5) is 19.0 Å². The van der Waals surface area contributed by atoms with Gasteiger partial charge >= 0.3 is 12.2 Å². The first-order valence-corrected chi connectivity index (χ1v) is 10.6. The van der Waals surface area contributed by atoms with Crippen LogP contribution in [0, 0.1) is 10.8 Å². The van der Waals surface area contributed by atoms with E-state index in [2.05, 4.69) is 21.9 Å². The summed E-state index contributed by atoms with van der Waals surface area (Å²) in [5.74, 6) is -1.36. The Morgan fingerprint density at radius 1 is 1.31 bits per heavy atom. The van der Waals surface area contributed by atoms with Crippen molar-refractivity contribution in [3.05, 3.63) is 29.3 Å². The summed E-state index contributed by atoms with van der Waals surface area (Å²) in [6.45, 7) is 2.06. The van der Waals surface area contributed by atoms with Gasteiger partial charge in [-0.15, -0.1) is 11.3 Å². The number of amidine groups is 2. The number of oxazole rings is 1. The number of anilines is 1. The van der Waals surface area contributed by atoms with E-state index >= 15 is 0 Å². The van der Waals surface area contributed by atoms with Crippen molar-refractivity contribution in [1.82, 2.24) is 19.9 Å². The number of nitrogens with one attached hydrogen (secondary N) is 2. The molecule has 0 aliphatic carbocycles. The van der Waals surface area contributed by atoms with Crippen molar-refractivity contribution in [1.29, 1.82) is 10.8 Å². The summed E-state index contributed by atoms with van der Waals surface area (Å²) in [5.41, 5.74) is 0.564. The van der Waals surface area contributed by atoms with Gasteiger partial charge in [0.25, 0.3) is 0 Å². The van der Waals surface area contributed by atoms with Gasteiger partial charge in [0.1, 0.15) is 35.0 Å². The van der Waals surface area contributed by atoms with Gasteiger partial charge in [0, 0.05) is 18.0 Å². The predicted molar refractivity (Wildman–Crippen MR) is 113 cm³/mol. The van der Waals surface area contributed by atoms with Gasteiger partial charge < -0.3 is 19.0 Å². The van der Waals surface area contributed by atoms with Crippen LogP contribution < -0.4 is 9.64 Å². The number of nitrogens with zero attached hydrogens (tertiary/aromatic N) is 5. The minimum atomic E-state index is -4.80. The van der Waals surface area contributed by atoms with Crippen molar-refractivity contribution in [2.45, 2.75) is 32.5 Å². The molecule has 4 rings (SSSR count). The Kier molecular flexibility index (Phi) is 6.00. The van der Waals surface area contributed by atoms with Crippen molar-refractivity contribution in [2.75, 3.05) is 24.5 Å². The molecule has 2 N–H and O–H groups in total. The summed E-state index contributed by atoms with van der Waals surface area (Å²) < 4.78 is 49.4. The highest BCUT2D eigenvalue weighted by Crippen LogP contribution is 2.34. The van der Waals surface area contributed by atoms with Crippen LogP contribution in [0.25, 0.3) is 10.2 Å². The van der Waals surface area contributed by atoms with Crippen molar-refractivity contribution < 1.29 is 22.3 Å². The van der Waals surface area contributed by atoms with Crippen LogP contribution in [-0.2, 0) is 13.0 Å². The highest BCUT2D eigenvalue weighted by molar-refractivity contribution is 7.18. The van der Waals surface area contributed by atoms with Gasteiger partial charge in [-0.3, -0.25) is 10.8 Å². The molecule has 1 aliphatic heterocycles. The van der Waals surface area contributed by atoms with Crippen molar-refractivity contribution in [3.63, 3.8) is 0 Å². The van der Waals surface area contributed by atoms with Crippen LogP contribution in [0.2, 0.25) is 0 Å². The van der Waals surface area contributed by atoms with E-state index in [0.717, 1.165) is 23.1 Å². The molecule has 32 heavy (non-hydrogen) atoms. The van der Waals surface area contributed by atoms with Crippen LogP contribution in [-0.4, -0.2) is 57.3 Å². The lowest BCUT2D eigenvalue weighted by molar-refractivity contribution is -0.0671. The topological polar surface area (TPSA) is 115 Å². The van der Waals surface area contributed by atoms with E-state index in [-0.39, 0.29) is 38.1 Å². The summed E-state index contributed by atoms with van der Waals surface area (Å²) in [5, 5.41) is 16.2. The van der Waals surface area contributed by atoms with E-state index in [1.807, 2.05) is 6.07 Å². The van der Waals surface area contributed by atoms with Crippen LogP contribution in [0.3, 0.4) is 0 Å². The zero-order valence-electron chi connectivity index (χ0n) is 17.1. The Hall–Kier alpha value is -3.22. The quantitative estimate of drug-likeness (QED) is 0.418. The molecule has 0 radical (unpaired) electrons. The Morgan fingerprint density at radius 3 is 2.78 bits per heavy atom. The Balaban J connectivity index is 1.62. The number of halogens is 3. The summed E-state index contributed by atoms with van der Waals surface area (Å²) in [6.07, 6.45) is -0.259. The molecule has 0 saturated carbocycles. The first kappa shape index (κ1) is 22.0. The monoisotopic (exact) mass is 467 g/mol. The van der Waals surface area contributed by atoms with Gasteiger partial charge in [-0.1, -0.05) is 13.3 Å². The second kappa shape index (κ2) is 8.73. The minimum absolute atomic E-state index is 0.0982. The number of aryl methyl sites for hydroxylation is 1. The summed E-state index contributed by atoms with van der Waals surface area (Å²) >= 11 is 1.51. The number of piperazine rings is 1. The van der Waals surface area contributed by atoms with E-state index in [1.165, 1.54) is 24.0 Å². The molecular formula is C19H20F3N7O2S. The van der Waals surface area contributed by atoms with Crippen molar-refractivity contribution in [2.24, 2.45) is 0 Å². The van der Waals surface area contributed by atoms with Gasteiger partial charge in [-0.2, -0.15) is 23.1 Å². The molecule has 3 aromatic rings. The number of fused-ring (bicyclic) bond motifs is 1. The fraction of sp³-hybridized carbons (Fsp3) is 0.421. The van der Waals surface area contributed by atoms with Crippen molar-refractivity contribution >= 4 is 39.0 Å². The number of aromatic nitrogens is 3. The van der Waals surface area contributed by atoms with Crippen LogP contribution >= 0.6 is 11.3 Å². The molecule has 0 atom stereocenters. The normalized spacial score (nSPS) is 14.9. The highest BCUT2D eigenvalue weighted by atomic mass is 32.1. The molecule has 0 bridgehead atoms. The molecule has 4 heterocycles. The summed E-state index contributed by atoms with van der Waals surface area (Å²) in [7, 11) is 0. The van der Waals surface area contributed by atoms with Gasteiger partial charge in [-0.25, -0.2) is 4.98 Å². The van der Waals surface area contributed by atoms with E-state index < -0.39 is 12.0 Å². The van der Waals surface area contributed by atoms with Gasteiger partial charge in [0.2, 0.25) is 5.84 Å². The van der Waals surface area contributed by atoms with Crippen molar-refractivity contribution in [3.8, 4) is 6.01 Å². The molecule has 3 aromatic heterocycles. The largest absolute Gasteiger partial charge is 0.457 e. The smallest absolute Gasteiger partial charge is 0.449 e. The molecule has 1 fully saturated rings. The van der Waals surface area contributed by atoms with E-state index in [0.29, 0.717) is 21.2 Å². The third kappa shape index (κ3) is 4.52. The maximum atomic E-state index is 12.9. The van der Waals surface area contributed by atoms with Gasteiger partial charge in [0.15, 0.2) is 6.39 Å². The Labute approximate surface area is 184 Å². The lowest BCUT2D eigenvalue weighted by Gasteiger charge is -2.37. The van der Waals surface area contributed by atoms with Crippen LogP contribution in [0.5, 0.6) is 6.01 Å². The number of hydrogen-bond acceptors (Lipinski definition) is 9. The number of ether oxygens (including phenoxy) is 1. The minimum Gasteiger partial charge on any atom is -0.457 e. The SMILES string of the molecule is CCCc1cc2c(N3CCN(C(=N)C(F)(F)F)C(=N)C3)nc(OCc3cocn3)nc2s1. The lowest BCUT2D eigenvalue weighted by atomic mass is 10.2. The number of thiophene rings is 1. The lowest BCUT2D eigenvalue weighted by Crippen LogP contribution is -2.55. The number of rotatable bonds is 6. The Morgan fingerprint density at radius 2 is 2.12 bits per heavy atom. The maximum Gasteiger partial charge on any atom is 0.449 e. The van der Waals surface area contributed by atoms with E-state index in [4.69, 9.17) is 20.0 Å². The molecule has 9 nitrogen and oxygen atoms in total. The molecule has 0 aromatic carbocycles. The number of alkyl halides is 3. The average molecular weight is 467 g/mol. The Bertz CT molecular complexity index is 1130. The summed E-state index contributed by atoms with van der Waals surface area (Å²) in [4.78, 5) is 17.2. The zero-order valence-corrected chi connectivity index (χ0v) is 17.9. The third-order valence-corrected chi connectivity index (χ3v) is 5.92. The predicted octanol–water partition coefficient (Wildman–Crippen LogP) is 3.85. The second-order valence-electron chi connectivity index (χ2n) is 7.15. The zero-order chi connectivity index (χ0) is 22.9. The van der Waals surface area contributed by atoms with Crippen LogP contribution in [0.15, 0.2) is 23.1 Å². The molecule has 0 unspecified atom stereocenters. The second-order valence-corrected chi connectivity index (χ2v) is 8.26. The maximum absolute atomic E-state index is 12.9. The molecule has 0 amide bonds. The van der Waals surface area contributed by atoms with E-state index in [9.17, 15) is 13.2 Å². The molecule has 13 heteroatoms. The number of hydrogen-bond donors (Lipinski definition) is 2. The van der Waals surface area contributed by atoms with Gasteiger partial charge in [0.05, 0.1) is 11.9 Å². The third-order valence-electron chi connectivity index (χ3n) is 4.83. The first-order chi connectivity index (χ1) is 15.3. The van der Waals surface area contributed by atoms with Gasteiger partial charge in [-0.05, 0) is 12.5 Å². The van der Waals surface area contributed by atoms with E-state index in [1.54, 1.807) is 4.90 Å². The molecule has 1 aliphatic rings. The molecular weight excluding hydrogens is 447 g/mol. The van der Waals surface area contributed by atoms with Crippen LogP contribution in [0.1, 0.15) is 23.9 Å². The molecule has 1 saturated heterocycles. The standard InChI is InChI=1S/C19H20F3N7O2S/c1-2-3-12-6-13-15(28-4-5-29(14(23)7-28)17(24)19(20,21)22)26-18(27-16(13)32-12)31-9-11-8-30-10-25-11/h6,8,10,23-24H,2-5,7,9H2,1H3. The fourth-order valence-electron chi connectivity index (χ4n) is 3.34. The summed E-state index contributed by atoms with van der Waals surface area (Å²) in [6, 6.07) is 2.09. The molecule has 0 spiro atoms. The highest BCUT2D eigenvalue weighted by Gasteiger charge is 2.41. The fourth-order valence-corrected chi connectivity index (χ4v) is 4.46.